The summed E-state index contributed by atoms with van der Waals surface area (Å²) in [4.78, 5) is 0. The van der Waals surface area contributed by atoms with Crippen LogP contribution in [-0.4, -0.2) is 6.54 Å². The van der Waals surface area contributed by atoms with Crippen molar-refractivity contribution in [2.45, 2.75) is 32.2 Å². The van der Waals surface area contributed by atoms with Crippen LogP contribution in [0.25, 0.3) is 0 Å². The Morgan fingerprint density at radius 2 is 1.70 bits per heavy atom. The van der Waals surface area contributed by atoms with E-state index in [1.807, 2.05) is 12.1 Å². The van der Waals surface area contributed by atoms with Gasteiger partial charge in [0.25, 0.3) is 0 Å². The first-order chi connectivity index (χ1) is 9.81. The maximum Gasteiger partial charge on any atom is 0.0577 e. The van der Waals surface area contributed by atoms with Crippen LogP contribution >= 0.6 is 0 Å². The molecule has 0 spiro atoms. The van der Waals surface area contributed by atoms with Gasteiger partial charge >= 0.3 is 0 Å². The minimum absolute atomic E-state index is 0.219. The Bertz CT molecular complexity index is 508. The molecule has 0 saturated heterocycles. The zero-order valence-corrected chi connectivity index (χ0v) is 12.2. The molecule has 2 rings (SSSR count). The highest BCUT2D eigenvalue weighted by molar-refractivity contribution is 5.44. The molecule has 1 unspecified atom stereocenters. The predicted molar refractivity (Wildman–Crippen MR) is 86.7 cm³/mol. The second-order valence-corrected chi connectivity index (χ2v) is 5.18. The molecule has 2 aromatic carbocycles. The highest BCUT2D eigenvalue weighted by atomic mass is 14.9. The average molecular weight is 268 g/mol. The molecule has 0 aliphatic rings. The van der Waals surface area contributed by atoms with Crippen molar-refractivity contribution in [3.05, 3.63) is 65.7 Å². The molecule has 20 heavy (non-hydrogen) atoms. The highest BCUT2D eigenvalue weighted by Gasteiger charge is 2.12. The standard InChI is InChI=1S/C18H24N2/c1-2-3-7-13-20-18(15-9-5-4-6-10-15)16-11-8-12-17(19)14-16/h4-6,8-12,14,18,20H,2-3,7,13,19H2,1H3. The summed E-state index contributed by atoms with van der Waals surface area (Å²) in [6.45, 7) is 3.26. The largest absolute Gasteiger partial charge is 0.399 e. The summed E-state index contributed by atoms with van der Waals surface area (Å²) < 4.78 is 0. The van der Waals surface area contributed by atoms with Crippen molar-refractivity contribution in [2.75, 3.05) is 12.3 Å². The Kier molecular flexibility index (Phi) is 5.63. The van der Waals surface area contributed by atoms with Crippen LogP contribution in [0.4, 0.5) is 5.69 Å². The number of nitrogen functional groups attached to an aromatic ring is 1. The Morgan fingerprint density at radius 1 is 0.950 bits per heavy atom. The van der Waals surface area contributed by atoms with Crippen LogP contribution in [0.15, 0.2) is 54.6 Å². The molecular formula is C18H24N2. The average Bonchev–Trinajstić information content (AvgIpc) is 2.48. The van der Waals surface area contributed by atoms with E-state index in [-0.39, 0.29) is 6.04 Å². The first-order valence-electron chi connectivity index (χ1n) is 7.45. The van der Waals surface area contributed by atoms with Gasteiger partial charge in [-0.05, 0) is 36.2 Å². The zero-order valence-electron chi connectivity index (χ0n) is 12.2. The minimum atomic E-state index is 0.219. The quantitative estimate of drug-likeness (QED) is 0.585. The van der Waals surface area contributed by atoms with E-state index in [1.54, 1.807) is 0 Å². The fraction of sp³-hybridized carbons (Fsp3) is 0.333. The van der Waals surface area contributed by atoms with Crippen LogP contribution < -0.4 is 11.1 Å². The van der Waals surface area contributed by atoms with Crippen LogP contribution in [0.2, 0.25) is 0 Å². The third-order valence-corrected chi connectivity index (χ3v) is 3.51. The van der Waals surface area contributed by atoms with Crippen LogP contribution in [0.3, 0.4) is 0 Å². The van der Waals surface area contributed by atoms with Crippen molar-refractivity contribution in [3.8, 4) is 0 Å². The van der Waals surface area contributed by atoms with Gasteiger partial charge in [-0.15, -0.1) is 0 Å². The molecular weight excluding hydrogens is 244 g/mol. The topological polar surface area (TPSA) is 38.0 Å². The minimum Gasteiger partial charge on any atom is -0.399 e. The first-order valence-corrected chi connectivity index (χ1v) is 7.45. The SMILES string of the molecule is CCCCCNC(c1ccccc1)c1cccc(N)c1. The van der Waals surface area contributed by atoms with Crippen LogP contribution in [0, 0.1) is 0 Å². The van der Waals surface area contributed by atoms with E-state index in [0.29, 0.717) is 0 Å². The molecule has 106 valence electrons. The lowest BCUT2D eigenvalue weighted by Gasteiger charge is -2.20. The van der Waals surface area contributed by atoms with E-state index in [0.717, 1.165) is 12.2 Å². The van der Waals surface area contributed by atoms with Gasteiger partial charge in [-0.25, -0.2) is 0 Å². The van der Waals surface area contributed by atoms with E-state index in [9.17, 15) is 0 Å². The fourth-order valence-electron chi connectivity index (χ4n) is 2.43. The molecule has 0 bridgehead atoms. The molecule has 0 radical (unpaired) electrons. The van der Waals surface area contributed by atoms with Gasteiger partial charge in [0, 0.05) is 5.69 Å². The second-order valence-electron chi connectivity index (χ2n) is 5.18. The zero-order chi connectivity index (χ0) is 14.2. The number of hydrogen-bond donors (Lipinski definition) is 2. The number of nitrogens with one attached hydrogen (secondary N) is 1. The van der Waals surface area contributed by atoms with Crippen molar-refractivity contribution < 1.29 is 0 Å². The van der Waals surface area contributed by atoms with Gasteiger partial charge in [0.15, 0.2) is 0 Å². The van der Waals surface area contributed by atoms with Crippen molar-refractivity contribution in [3.63, 3.8) is 0 Å². The monoisotopic (exact) mass is 268 g/mol. The van der Waals surface area contributed by atoms with Crippen molar-refractivity contribution >= 4 is 5.69 Å². The fourth-order valence-corrected chi connectivity index (χ4v) is 2.43. The van der Waals surface area contributed by atoms with Gasteiger partial charge < -0.3 is 11.1 Å². The van der Waals surface area contributed by atoms with Gasteiger partial charge in [-0.1, -0.05) is 62.2 Å². The van der Waals surface area contributed by atoms with E-state index in [1.165, 1.54) is 30.4 Å². The summed E-state index contributed by atoms with van der Waals surface area (Å²) in [6.07, 6.45) is 3.73. The summed E-state index contributed by atoms with van der Waals surface area (Å²) in [5.74, 6) is 0. The summed E-state index contributed by atoms with van der Waals surface area (Å²) in [6, 6.07) is 18.9. The normalized spacial score (nSPS) is 12.2. The molecule has 0 aliphatic carbocycles. The molecule has 0 aliphatic heterocycles. The number of hydrogen-bond acceptors (Lipinski definition) is 2. The highest BCUT2D eigenvalue weighted by Crippen LogP contribution is 2.23. The number of anilines is 1. The molecule has 0 heterocycles. The molecule has 1 atom stereocenters. The predicted octanol–water partition coefficient (Wildman–Crippen LogP) is 4.14. The summed E-state index contributed by atoms with van der Waals surface area (Å²) >= 11 is 0. The van der Waals surface area contributed by atoms with E-state index in [2.05, 4.69) is 54.7 Å². The third-order valence-electron chi connectivity index (χ3n) is 3.51. The lowest BCUT2D eigenvalue weighted by Crippen LogP contribution is -2.23. The Hall–Kier alpha value is -1.80. The van der Waals surface area contributed by atoms with E-state index in [4.69, 9.17) is 5.73 Å². The maximum absolute atomic E-state index is 5.92. The molecule has 0 saturated carbocycles. The van der Waals surface area contributed by atoms with Crippen LogP contribution in [0.5, 0.6) is 0 Å². The Morgan fingerprint density at radius 3 is 2.40 bits per heavy atom. The van der Waals surface area contributed by atoms with Crippen molar-refractivity contribution in [1.82, 2.24) is 5.32 Å². The smallest absolute Gasteiger partial charge is 0.0577 e. The van der Waals surface area contributed by atoms with E-state index >= 15 is 0 Å². The maximum atomic E-state index is 5.92. The van der Waals surface area contributed by atoms with Crippen molar-refractivity contribution in [2.24, 2.45) is 0 Å². The molecule has 2 aromatic rings. The van der Waals surface area contributed by atoms with Gasteiger partial charge in [-0.2, -0.15) is 0 Å². The molecule has 0 amide bonds. The van der Waals surface area contributed by atoms with Gasteiger partial charge in [0.2, 0.25) is 0 Å². The molecule has 0 aromatic heterocycles. The number of nitrogens with two attached hydrogens (primary N) is 1. The molecule has 0 fully saturated rings. The third kappa shape index (κ3) is 4.10. The molecule has 3 N–H and O–H groups in total. The van der Waals surface area contributed by atoms with Gasteiger partial charge in [-0.3, -0.25) is 0 Å². The first kappa shape index (κ1) is 14.6. The second kappa shape index (κ2) is 7.71. The van der Waals surface area contributed by atoms with Crippen LogP contribution in [-0.2, 0) is 0 Å². The Labute approximate surface area is 122 Å². The number of unbranched alkanes of at least 4 members (excludes halogenated alkanes) is 2. The molecule has 2 heteroatoms. The van der Waals surface area contributed by atoms with E-state index < -0.39 is 0 Å². The number of benzene rings is 2. The lowest BCUT2D eigenvalue weighted by molar-refractivity contribution is 0.565. The summed E-state index contributed by atoms with van der Waals surface area (Å²) in [5.41, 5.74) is 9.26. The van der Waals surface area contributed by atoms with Gasteiger partial charge in [0.05, 0.1) is 6.04 Å². The lowest BCUT2D eigenvalue weighted by atomic mass is 9.98. The summed E-state index contributed by atoms with van der Waals surface area (Å²) in [5, 5.41) is 3.66. The summed E-state index contributed by atoms with van der Waals surface area (Å²) in [7, 11) is 0. The van der Waals surface area contributed by atoms with Crippen LogP contribution in [0.1, 0.15) is 43.4 Å². The van der Waals surface area contributed by atoms with Gasteiger partial charge in [0.1, 0.15) is 0 Å². The number of rotatable bonds is 7. The van der Waals surface area contributed by atoms with Crippen molar-refractivity contribution in [1.29, 1.82) is 0 Å². The molecule has 2 nitrogen and oxygen atoms in total. The Balaban J connectivity index is 2.16.